The molecule has 0 N–H and O–H groups in total. The van der Waals surface area contributed by atoms with Crippen LogP contribution in [0.4, 0.5) is 15.3 Å². The van der Waals surface area contributed by atoms with Crippen molar-refractivity contribution >= 4 is 38.0 Å². The highest BCUT2D eigenvalue weighted by Gasteiger charge is 2.28. The van der Waals surface area contributed by atoms with Crippen molar-refractivity contribution in [2.24, 2.45) is 0 Å². The summed E-state index contributed by atoms with van der Waals surface area (Å²) >= 11 is 1.43. The van der Waals surface area contributed by atoms with E-state index in [2.05, 4.69) is 11.1 Å². The number of halogens is 1. The van der Waals surface area contributed by atoms with Crippen LogP contribution in [0.15, 0.2) is 41.8 Å². The van der Waals surface area contributed by atoms with Crippen LogP contribution in [0.2, 0.25) is 0 Å². The number of nitriles is 1. The minimum absolute atomic E-state index is 0.112. The van der Waals surface area contributed by atoms with Gasteiger partial charge in [0, 0.05) is 37.0 Å². The van der Waals surface area contributed by atoms with Gasteiger partial charge in [0.15, 0.2) is 16.6 Å². The Labute approximate surface area is 212 Å². The topological polar surface area (TPSA) is 107 Å². The first kappa shape index (κ1) is 24.3. The zero-order chi connectivity index (χ0) is 25.4. The van der Waals surface area contributed by atoms with Gasteiger partial charge in [0.1, 0.15) is 5.82 Å². The van der Waals surface area contributed by atoms with Gasteiger partial charge in [-0.05, 0) is 49.2 Å². The maximum absolute atomic E-state index is 13.3. The highest BCUT2D eigenvalue weighted by atomic mass is 32.2. The fourth-order valence-electron chi connectivity index (χ4n) is 4.47. The van der Waals surface area contributed by atoms with Crippen molar-refractivity contribution in [3.63, 3.8) is 0 Å². The highest BCUT2D eigenvalue weighted by molar-refractivity contribution is 7.88. The molecule has 1 aromatic carbocycles. The van der Waals surface area contributed by atoms with Crippen molar-refractivity contribution in [2.75, 3.05) is 31.3 Å². The van der Waals surface area contributed by atoms with Gasteiger partial charge in [-0.2, -0.15) is 14.9 Å². The Balaban J connectivity index is 1.48. The van der Waals surface area contributed by atoms with Gasteiger partial charge in [-0.1, -0.05) is 0 Å². The number of fused-ring (bicyclic) bond motifs is 1. The zero-order valence-corrected chi connectivity index (χ0v) is 21.4. The third-order valence-electron chi connectivity index (χ3n) is 6.37. The van der Waals surface area contributed by atoms with Crippen LogP contribution in [-0.2, 0) is 16.4 Å². The number of thiazole rings is 1. The van der Waals surface area contributed by atoms with Crippen molar-refractivity contribution in [3.05, 3.63) is 59.0 Å². The molecule has 0 unspecified atom stereocenters. The second-order valence-electron chi connectivity index (χ2n) is 8.76. The normalized spacial score (nSPS) is 15.3. The third-order valence-corrected chi connectivity index (χ3v) is 8.59. The molecule has 186 valence electrons. The van der Waals surface area contributed by atoms with Crippen molar-refractivity contribution in [1.29, 1.82) is 5.26 Å². The minimum Gasteiger partial charge on any atom is -0.304 e. The lowest BCUT2D eigenvalue weighted by Gasteiger charge is -2.29. The van der Waals surface area contributed by atoms with Gasteiger partial charge < -0.3 is 4.90 Å². The molecular formula is C24H24FN7O2S2. The quantitative estimate of drug-likeness (QED) is 0.375. The van der Waals surface area contributed by atoms with Crippen LogP contribution in [0.5, 0.6) is 0 Å². The van der Waals surface area contributed by atoms with Crippen molar-refractivity contribution in [1.82, 2.24) is 23.9 Å². The summed E-state index contributed by atoms with van der Waals surface area (Å²) in [5, 5.41) is 16.9. The van der Waals surface area contributed by atoms with E-state index in [1.165, 1.54) is 34.0 Å². The molecule has 1 aliphatic rings. The molecule has 0 aliphatic carbocycles. The first-order valence-corrected chi connectivity index (χ1v) is 14.1. The average molecular weight is 526 g/mol. The second kappa shape index (κ2) is 9.57. The number of benzene rings is 1. The number of imidazole rings is 1. The molecule has 0 saturated carbocycles. The molecule has 36 heavy (non-hydrogen) atoms. The summed E-state index contributed by atoms with van der Waals surface area (Å²) in [7, 11) is -1.34. The molecule has 4 heterocycles. The smallest absolute Gasteiger partial charge is 0.211 e. The number of hydrogen-bond donors (Lipinski definition) is 0. The lowest BCUT2D eigenvalue weighted by molar-refractivity contribution is 0.317. The zero-order valence-electron chi connectivity index (χ0n) is 19.8. The van der Waals surface area contributed by atoms with E-state index in [0.717, 1.165) is 17.0 Å². The number of sulfonamides is 1. The molecule has 0 bridgehead atoms. The first-order valence-electron chi connectivity index (χ1n) is 11.4. The van der Waals surface area contributed by atoms with Gasteiger partial charge in [-0.25, -0.2) is 27.1 Å². The number of hydrogen-bond acceptors (Lipinski definition) is 8. The lowest BCUT2D eigenvalue weighted by atomic mass is 9.94. The summed E-state index contributed by atoms with van der Waals surface area (Å²) in [4.78, 5) is 11.2. The Morgan fingerprint density at radius 1 is 1.17 bits per heavy atom. The predicted octanol–water partition coefficient (Wildman–Crippen LogP) is 3.96. The van der Waals surface area contributed by atoms with E-state index in [1.54, 1.807) is 16.6 Å². The van der Waals surface area contributed by atoms with Gasteiger partial charge in [-0.3, -0.25) is 0 Å². The molecule has 0 amide bonds. The van der Waals surface area contributed by atoms with Crippen LogP contribution in [0.25, 0.3) is 16.9 Å². The summed E-state index contributed by atoms with van der Waals surface area (Å²) in [5.74, 6) is 0.473. The monoisotopic (exact) mass is 525 g/mol. The largest absolute Gasteiger partial charge is 0.304 e. The molecule has 9 nitrogen and oxygen atoms in total. The van der Waals surface area contributed by atoms with Crippen molar-refractivity contribution in [3.8, 4) is 17.3 Å². The standard InChI is InChI=1S/C24H24FN7O2S2/c1-30(24-28-21(15-35-24)16-3-5-18(25)6-4-16)23-20(9-12-26)27-22-8-7-19(29-32(22)23)17-10-13-31(14-11-17)36(2,33)34/h3-8,15,17H,9-11,13-14H2,1-2H3. The number of aromatic nitrogens is 4. The predicted molar refractivity (Wildman–Crippen MR) is 136 cm³/mol. The van der Waals surface area contributed by atoms with Crippen LogP contribution in [0.3, 0.4) is 0 Å². The van der Waals surface area contributed by atoms with E-state index in [9.17, 15) is 18.1 Å². The molecule has 3 aromatic heterocycles. The fraction of sp³-hybridized carbons (Fsp3) is 0.333. The maximum Gasteiger partial charge on any atom is 0.211 e. The lowest BCUT2D eigenvalue weighted by Crippen LogP contribution is -2.37. The molecule has 12 heteroatoms. The number of nitrogens with zero attached hydrogens (tertiary/aromatic N) is 7. The molecule has 1 saturated heterocycles. The minimum atomic E-state index is -3.20. The molecule has 0 radical (unpaired) electrons. The number of rotatable bonds is 6. The molecular weight excluding hydrogens is 501 g/mol. The number of anilines is 2. The molecule has 5 rings (SSSR count). The second-order valence-corrected chi connectivity index (χ2v) is 11.6. The van der Waals surface area contributed by atoms with Crippen LogP contribution in [0, 0.1) is 17.1 Å². The molecule has 0 atom stereocenters. The van der Waals surface area contributed by atoms with Crippen LogP contribution in [0.1, 0.15) is 30.1 Å². The molecule has 1 aliphatic heterocycles. The average Bonchev–Trinajstić information content (AvgIpc) is 3.49. The van der Waals surface area contributed by atoms with Gasteiger partial charge in [0.2, 0.25) is 10.0 Å². The Morgan fingerprint density at radius 2 is 1.89 bits per heavy atom. The summed E-state index contributed by atoms with van der Waals surface area (Å²) < 4.78 is 40.3. The summed E-state index contributed by atoms with van der Waals surface area (Å²) in [6.07, 6.45) is 2.72. The molecule has 1 fully saturated rings. The maximum atomic E-state index is 13.3. The van der Waals surface area contributed by atoms with E-state index in [0.29, 0.717) is 48.2 Å². The van der Waals surface area contributed by atoms with Crippen molar-refractivity contribution in [2.45, 2.75) is 25.2 Å². The van der Waals surface area contributed by atoms with Crippen LogP contribution < -0.4 is 4.90 Å². The van der Waals surface area contributed by atoms with Crippen LogP contribution >= 0.6 is 11.3 Å². The first-order chi connectivity index (χ1) is 17.2. The summed E-state index contributed by atoms with van der Waals surface area (Å²) in [5.41, 5.74) is 3.61. The Bertz CT molecular complexity index is 1550. The van der Waals surface area contributed by atoms with E-state index in [4.69, 9.17) is 10.1 Å². The Morgan fingerprint density at radius 3 is 2.56 bits per heavy atom. The van der Waals surface area contributed by atoms with Crippen LogP contribution in [-0.4, -0.2) is 58.7 Å². The highest BCUT2D eigenvalue weighted by Crippen LogP contribution is 2.34. The summed E-state index contributed by atoms with van der Waals surface area (Å²) in [6, 6.07) is 12.2. The van der Waals surface area contributed by atoms with E-state index in [-0.39, 0.29) is 18.2 Å². The SMILES string of the molecule is CN(c1nc(-c2ccc(F)cc2)cs1)c1c(CC#N)nc2ccc(C3CCN(S(C)(=O)=O)CC3)nn12. The Hall–Kier alpha value is -3.40. The van der Waals surface area contributed by atoms with Gasteiger partial charge in [-0.15, -0.1) is 11.3 Å². The number of piperidine rings is 1. The van der Waals surface area contributed by atoms with Gasteiger partial charge >= 0.3 is 0 Å². The molecule has 0 spiro atoms. The Kier molecular flexibility index (Phi) is 6.46. The third kappa shape index (κ3) is 4.69. The van der Waals surface area contributed by atoms with E-state index in [1.807, 2.05) is 29.5 Å². The van der Waals surface area contributed by atoms with E-state index >= 15 is 0 Å². The van der Waals surface area contributed by atoms with E-state index < -0.39 is 10.0 Å². The summed E-state index contributed by atoms with van der Waals surface area (Å²) in [6.45, 7) is 0.926. The van der Waals surface area contributed by atoms with Gasteiger partial charge in [0.25, 0.3) is 0 Å². The fourth-order valence-corrected chi connectivity index (χ4v) is 6.15. The molecule has 4 aromatic rings. The van der Waals surface area contributed by atoms with Crippen molar-refractivity contribution < 1.29 is 12.8 Å². The van der Waals surface area contributed by atoms with Gasteiger partial charge in [0.05, 0.1) is 35.8 Å².